The van der Waals surface area contributed by atoms with E-state index < -0.39 is 18.2 Å². The van der Waals surface area contributed by atoms with Crippen LogP contribution in [0.25, 0.3) is 0 Å². The summed E-state index contributed by atoms with van der Waals surface area (Å²) in [6.07, 6.45) is -0.778. The molecule has 1 amide bonds. The minimum absolute atomic E-state index is 0.180. The molecular formula is C29H29Cl2FN2O5. The third-order valence-electron chi connectivity index (χ3n) is 6.46. The molecule has 1 aliphatic rings. The Balaban J connectivity index is 1.47. The molecule has 0 aromatic heterocycles. The standard InChI is InChI=1S/C29H29Cl2FN2O5/c1-19-15-34(27(35)17-37-25-11-5-22(30)6-12-25)20(2)29(33(19)16-21-3-9-24(32)10-4-21)39-28(36)18-38-26-13-7-23(31)8-14-26/h3-14,19-20,29H,15-18H2,1-2H3. The first kappa shape index (κ1) is 28.7. The van der Waals surface area contributed by atoms with Crippen molar-refractivity contribution in [1.29, 1.82) is 0 Å². The van der Waals surface area contributed by atoms with Crippen molar-refractivity contribution in [1.82, 2.24) is 9.80 Å². The van der Waals surface area contributed by atoms with Crippen LogP contribution < -0.4 is 9.47 Å². The Morgan fingerprint density at radius 1 is 0.846 bits per heavy atom. The van der Waals surface area contributed by atoms with E-state index in [0.717, 1.165) is 5.56 Å². The summed E-state index contributed by atoms with van der Waals surface area (Å²) in [4.78, 5) is 29.7. The molecule has 3 atom stereocenters. The van der Waals surface area contributed by atoms with Crippen molar-refractivity contribution in [3.8, 4) is 11.5 Å². The molecule has 0 N–H and O–H groups in total. The molecule has 1 saturated heterocycles. The summed E-state index contributed by atoms with van der Waals surface area (Å²) in [5, 5.41) is 1.12. The molecular weight excluding hydrogens is 546 g/mol. The number of halogens is 3. The summed E-state index contributed by atoms with van der Waals surface area (Å²) >= 11 is 11.8. The monoisotopic (exact) mass is 574 g/mol. The topological polar surface area (TPSA) is 68.3 Å². The van der Waals surface area contributed by atoms with Crippen molar-refractivity contribution >= 4 is 35.1 Å². The van der Waals surface area contributed by atoms with Gasteiger partial charge in [0.2, 0.25) is 0 Å². The van der Waals surface area contributed by atoms with Crippen LogP contribution in [-0.2, 0) is 20.9 Å². The number of carbonyl (C=O) groups is 2. The van der Waals surface area contributed by atoms with Gasteiger partial charge in [-0.25, -0.2) is 9.18 Å². The lowest BCUT2D eigenvalue weighted by Gasteiger charge is -2.48. The number of hydrogen-bond acceptors (Lipinski definition) is 6. The van der Waals surface area contributed by atoms with Gasteiger partial charge in [-0.15, -0.1) is 0 Å². The number of benzene rings is 3. The van der Waals surface area contributed by atoms with Gasteiger partial charge in [-0.1, -0.05) is 35.3 Å². The summed E-state index contributed by atoms with van der Waals surface area (Å²) in [6, 6.07) is 18.8. The fraction of sp³-hybridized carbons (Fsp3) is 0.310. The molecule has 10 heteroatoms. The van der Waals surface area contributed by atoms with E-state index in [1.807, 2.05) is 18.7 Å². The first-order valence-corrected chi connectivity index (χ1v) is 13.2. The van der Waals surface area contributed by atoms with Crippen LogP contribution in [0.5, 0.6) is 11.5 Å². The summed E-state index contributed by atoms with van der Waals surface area (Å²) in [7, 11) is 0. The molecule has 3 aromatic carbocycles. The van der Waals surface area contributed by atoms with Gasteiger partial charge in [0, 0.05) is 29.2 Å². The first-order chi connectivity index (χ1) is 18.7. The van der Waals surface area contributed by atoms with Gasteiger partial charge in [-0.05, 0) is 80.1 Å². The molecule has 0 bridgehead atoms. The third kappa shape index (κ3) is 7.85. The van der Waals surface area contributed by atoms with Crippen LogP contribution in [-0.4, -0.2) is 59.7 Å². The third-order valence-corrected chi connectivity index (χ3v) is 6.96. The van der Waals surface area contributed by atoms with Gasteiger partial charge >= 0.3 is 5.97 Å². The Morgan fingerprint density at radius 3 is 1.95 bits per heavy atom. The number of nitrogens with zero attached hydrogens (tertiary/aromatic N) is 2. The van der Waals surface area contributed by atoms with Gasteiger partial charge in [0.25, 0.3) is 5.91 Å². The molecule has 1 fully saturated rings. The minimum atomic E-state index is -0.778. The van der Waals surface area contributed by atoms with E-state index in [1.54, 1.807) is 65.6 Å². The largest absolute Gasteiger partial charge is 0.484 e. The predicted molar refractivity (Wildman–Crippen MR) is 146 cm³/mol. The second-order valence-corrected chi connectivity index (χ2v) is 10.2. The highest BCUT2D eigenvalue weighted by Crippen LogP contribution is 2.26. The van der Waals surface area contributed by atoms with Crippen molar-refractivity contribution in [2.45, 2.75) is 38.7 Å². The van der Waals surface area contributed by atoms with Crippen LogP contribution in [0.15, 0.2) is 72.8 Å². The zero-order valence-corrected chi connectivity index (χ0v) is 23.1. The number of amides is 1. The van der Waals surface area contributed by atoms with Gasteiger partial charge in [0.1, 0.15) is 17.3 Å². The summed E-state index contributed by atoms with van der Waals surface area (Å²) < 4.78 is 30.6. The lowest BCUT2D eigenvalue weighted by Crippen LogP contribution is -2.65. The van der Waals surface area contributed by atoms with Gasteiger partial charge in [-0.2, -0.15) is 0 Å². The van der Waals surface area contributed by atoms with E-state index in [0.29, 0.717) is 34.6 Å². The Labute approximate surface area is 237 Å². The van der Waals surface area contributed by atoms with E-state index >= 15 is 0 Å². The molecule has 0 radical (unpaired) electrons. The molecule has 0 saturated carbocycles. The van der Waals surface area contributed by atoms with E-state index in [1.165, 1.54) is 12.1 Å². The smallest absolute Gasteiger partial charge is 0.345 e. The number of carbonyl (C=O) groups excluding carboxylic acids is 2. The Bertz CT molecular complexity index is 1260. The van der Waals surface area contributed by atoms with Crippen LogP contribution in [0.2, 0.25) is 10.0 Å². The zero-order valence-electron chi connectivity index (χ0n) is 21.6. The van der Waals surface area contributed by atoms with Crippen LogP contribution in [0.1, 0.15) is 19.4 Å². The van der Waals surface area contributed by atoms with Crippen LogP contribution >= 0.6 is 23.2 Å². The second kappa shape index (κ2) is 13.2. The maximum atomic E-state index is 13.5. The molecule has 7 nitrogen and oxygen atoms in total. The van der Waals surface area contributed by atoms with Crippen molar-refractivity contribution in [2.24, 2.45) is 0 Å². The van der Waals surface area contributed by atoms with Crippen LogP contribution in [0.4, 0.5) is 4.39 Å². The SMILES string of the molecule is CC1C(OC(=O)COc2ccc(Cl)cc2)N(Cc2ccc(F)cc2)C(C)CN1C(=O)COc1ccc(Cl)cc1. The van der Waals surface area contributed by atoms with Crippen molar-refractivity contribution in [3.63, 3.8) is 0 Å². The van der Waals surface area contributed by atoms with Crippen molar-refractivity contribution < 1.29 is 28.2 Å². The number of rotatable bonds is 9. The predicted octanol–water partition coefficient (Wildman–Crippen LogP) is 5.58. The van der Waals surface area contributed by atoms with Crippen LogP contribution in [0, 0.1) is 5.82 Å². The second-order valence-electron chi connectivity index (χ2n) is 9.30. The maximum Gasteiger partial charge on any atom is 0.345 e. The number of piperazine rings is 1. The van der Waals surface area contributed by atoms with E-state index in [4.69, 9.17) is 37.4 Å². The highest BCUT2D eigenvalue weighted by atomic mass is 35.5. The van der Waals surface area contributed by atoms with Gasteiger partial charge in [0.15, 0.2) is 19.4 Å². The van der Waals surface area contributed by atoms with Gasteiger partial charge < -0.3 is 19.1 Å². The van der Waals surface area contributed by atoms with Crippen molar-refractivity contribution in [3.05, 3.63) is 94.2 Å². The molecule has 0 aliphatic carbocycles. The normalized spacial score (nSPS) is 19.4. The molecule has 3 aromatic rings. The quantitative estimate of drug-likeness (QED) is 0.311. The molecule has 1 heterocycles. The molecule has 1 aliphatic heterocycles. The molecule has 3 unspecified atom stereocenters. The average Bonchev–Trinajstić information content (AvgIpc) is 2.92. The highest BCUT2D eigenvalue weighted by molar-refractivity contribution is 6.30. The lowest BCUT2D eigenvalue weighted by molar-refractivity contribution is -0.187. The van der Waals surface area contributed by atoms with Crippen molar-refractivity contribution in [2.75, 3.05) is 19.8 Å². The summed E-state index contributed by atoms with van der Waals surface area (Å²) in [5.74, 6) is -0.181. The van der Waals surface area contributed by atoms with Crippen LogP contribution in [0.3, 0.4) is 0 Å². The highest BCUT2D eigenvalue weighted by Gasteiger charge is 2.42. The molecule has 206 valence electrons. The lowest BCUT2D eigenvalue weighted by atomic mass is 10.0. The maximum absolute atomic E-state index is 13.5. The molecule has 4 rings (SSSR count). The Kier molecular flexibility index (Phi) is 9.67. The minimum Gasteiger partial charge on any atom is -0.484 e. The van der Waals surface area contributed by atoms with Gasteiger partial charge in [0.05, 0.1) is 6.04 Å². The number of esters is 1. The Hall–Kier alpha value is -3.33. The number of hydrogen-bond donors (Lipinski definition) is 0. The van der Waals surface area contributed by atoms with E-state index in [9.17, 15) is 14.0 Å². The first-order valence-electron chi connectivity index (χ1n) is 12.5. The summed E-state index contributed by atoms with van der Waals surface area (Å²) in [5.41, 5.74) is 0.847. The Morgan fingerprint density at radius 2 is 1.38 bits per heavy atom. The number of ether oxygens (including phenoxy) is 3. The van der Waals surface area contributed by atoms with E-state index in [-0.39, 0.29) is 31.0 Å². The molecule has 39 heavy (non-hydrogen) atoms. The van der Waals surface area contributed by atoms with E-state index in [2.05, 4.69) is 0 Å². The zero-order chi connectivity index (χ0) is 27.9. The average molecular weight is 575 g/mol. The fourth-order valence-corrected chi connectivity index (χ4v) is 4.63. The van der Waals surface area contributed by atoms with Gasteiger partial charge in [-0.3, -0.25) is 9.69 Å². The summed E-state index contributed by atoms with van der Waals surface area (Å²) in [6.45, 7) is 4.04. The fourth-order valence-electron chi connectivity index (χ4n) is 4.38. The molecule has 0 spiro atoms.